The van der Waals surface area contributed by atoms with Gasteiger partial charge in [-0.15, -0.1) is 0 Å². The van der Waals surface area contributed by atoms with Crippen LogP contribution in [-0.4, -0.2) is 66.5 Å². The molecule has 0 unspecified atom stereocenters. The summed E-state index contributed by atoms with van der Waals surface area (Å²) in [6.07, 6.45) is 2.77. The average molecular weight is 292 g/mol. The minimum Gasteiger partial charge on any atom is -0.480 e. The zero-order valence-corrected chi connectivity index (χ0v) is 12.0. The number of amides is 1. The molecule has 7 nitrogen and oxygen atoms in total. The van der Waals surface area contributed by atoms with Crippen molar-refractivity contribution >= 4 is 21.9 Å². The second kappa shape index (κ2) is 6.33. The average Bonchev–Trinajstić information content (AvgIpc) is 2.75. The Bertz CT molecular complexity index is 448. The molecule has 1 amide bonds. The highest BCUT2D eigenvalue weighted by molar-refractivity contribution is 7.88. The summed E-state index contributed by atoms with van der Waals surface area (Å²) in [5.74, 6) is -1.50. The van der Waals surface area contributed by atoms with E-state index in [9.17, 15) is 18.0 Å². The number of sulfonamides is 1. The molecule has 0 bridgehead atoms. The van der Waals surface area contributed by atoms with Gasteiger partial charge in [0, 0.05) is 13.1 Å². The summed E-state index contributed by atoms with van der Waals surface area (Å²) >= 11 is 0. The predicted molar refractivity (Wildman–Crippen MR) is 69.1 cm³/mol. The standard InChI is InChI=1S/C11H20N2O5S/c1-3-6-12(8-10(14)15)11(16)9-5-4-7-13(9)19(2,17)18/h9H,3-8H2,1-2H3,(H,14,15)/t9-/m1/s1. The minimum absolute atomic E-state index is 0.319. The molecule has 0 radical (unpaired) electrons. The van der Waals surface area contributed by atoms with E-state index in [1.54, 1.807) is 0 Å². The van der Waals surface area contributed by atoms with E-state index in [0.717, 1.165) is 6.26 Å². The van der Waals surface area contributed by atoms with Crippen LogP contribution >= 0.6 is 0 Å². The van der Waals surface area contributed by atoms with Gasteiger partial charge in [-0.05, 0) is 19.3 Å². The Labute approximate surface area is 113 Å². The number of hydrogen-bond donors (Lipinski definition) is 1. The lowest BCUT2D eigenvalue weighted by Gasteiger charge is -2.27. The summed E-state index contributed by atoms with van der Waals surface area (Å²) in [7, 11) is -3.44. The van der Waals surface area contributed by atoms with E-state index in [1.807, 2.05) is 6.92 Å². The molecule has 8 heteroatoms. The molecule has 19 heavy (non-hydrogen) atoms. The third-order valence-electron chi connectivity index (χ3n) is 3.05. The first kappa shape index (κ1) is 15.9. The first-order chi connectivity index (χ1) is 8.77. The van der Waals surface area contributed by atoms with Gasteiger partial charge in [-0.2, -0.15) is 4.31 Å². The van der Waals surface area contributed by atoms with Crippen LogP contribution in [0.25, 0.3) is 0 Å². The quantitative estimate of drug-likeness (QED) is 0.727. The van der Waals surface area contributed by atoms with Crippen LogP contribution < -0.4 is 0 Å². The van der Waals surface area contributed by atoms with Crippen LogP contribution in [0, 0.1) is 0 Å². The molecule has 1 rings (SSSR count). The van der Waals surface area contributed by atoms with E-state index in [0.29, 0.717) is 32.4 Å². The van der Waals surface area contributed by atoms with Crippen LogP contribution in [0.15, 0.2) is 0 Å². The Balaban J connectivity index is 2.86. The highest BCUT2D eigenvalue weighted by atomic mass is 32.2. The maximum absolute atomic E-state index is 12.3. The summed E-state index contributed by atoms with van der Waals surface area (Å²) in [6.45, 7) is 2.09. The van der Waals surface area contributed by atoms with Gasteiger partial charge in [0.05, 0.1) is 6.26 Å². The SMILES string of the molecule is CCCN(CC(=O)O)C(=O)[C@H]1CCCN1S(C)(=O)=O. The van der Waals surface area contributed by atoms with Crippen LogP contribution in [0.1, 0.15) is 26.2 Å². The van der Waals surface area contributed by atoms with E-state index in [-0.39, 0.29) is 6.54 Å². The largest absolute Gasteiger partial charge is 0.480 e. The first-order valence-electron chi connectivity index (χ1n) is 6.24. The molecule has 1 aliphatic heterocycles. The van der Waals surface area contributed by atoms with Crippen molar-refractivity contribution in [2.75, 3.05) is 25.9 Å². The zero-order chi connectivity index (χ0) is 14.6. The highest BCUT2D eigenvalue weighted by Gasteiger charge is 2.38. The molecule has 0 aromatic heterocycles. The van der Waals surface area contributed by atoms with E-state index < -0.39 is 27.9 Å². The van der Waals surface area contributed by atoms with Gasteiger partial charge in [0.25, 0.3) is 0 Å². The molecule has 1 N–H and O–H groups in total. The predicted octanol–water partition coefficient (Wildman–Crippen LogP) is -0.266. The van der Waals surface area contributed by atoms with Gasteiger partial charge in [0.2, 0.25) is 15.9 Å². The van der Waals surface area contributed by atoms with Crippen LogP contribution in [0.4, 0.5) is 0 Å². The van der Waals surface area contributed by atoms with Crippen LogP contribution in [0.2, 0.25) is 0 Å². The lowest BCUT2D eigenvalue weighted by atomic mass is 10.2. The van der Waals surface area contributed by atoms with Gasteiger partial charge in [-0.1, -0.05) is 6.92 Å². The molecular formula is C11H20N2O5S. The number of rotatable bonds is 6. The fourth-order valence-electron chi connectivity index (χ4n) is 2.30. The zero-order valence-electron chi connectivity index (χ0n) is 11.2. The van der Waals surface area contributed by atoms with Crippen molar-refractivity contribution in [1.29, 1.82) is 0 Å². The molecular weight excluding hydrogens is 272 g/mol. The second-order valence-electron chi connectivity index (χ2n) is 4.69. The number of hydrogen-bond acceptors (Lipinski definition) is 4. The number of carboxylic acids is 1. The summed E-state index contributed by atoms with van der Waals surface area (Å²) in [5, 5.41) is 8.80. The number of carbonyl (C=O) groups is 2. The Morgan fingerprint density at radius 3 is 2.53 bits per heavy atom. The molecule has 0 aromatic rings. The van der Waals surface area contributed by atoms with Crippen LogP contribution in [0.3, 0.4) is 0 Å². The summed E-state index contributed by atoms with van der Waals surface area (Å²) in [6, 6.07) is -0.749. The van der Waals surface area contributed by atoms with Gasteiger partial charge >= 0.3 is 5.97 Å². The van der Waals surface area contributed by atoms with Gasteiger partial charge in [0.15, 0.2) is 0 Å². The number of nitrogens with zero attached hydrogens (tertiary/aromatic N) is 2. The van der Waals surface area contributed by atoms with E-state index in [1.165, 1.54) is 9.21 Å². The van der Waals surface area contributed by atoms with Gasteiger partial charge in [0.1, 0.15) is 12.6 Å². The van der Waals surface area contributed by atoms with E-state index in [4.69, 9.17) is 5.11 Å². The summed E-state index contributed by atoms with van der Waals surface area (Å²) < 4.78 is 24.3. The third-order valence-corrected chi connectivity index (χ3v) is 4.34. The second-order valence-corrected chi connectivity index (χ2v) is 6.62. The Morgan fingerprint density at radius 1 is 1.42 bits per heavy atom. The molecule has 110 valence electrons. The summed E-state index contributed by atoms with van der Waals surface area (Å²) in [4.78, 5) is 24.3. The number of carboxylic acid groups (broad SMARTS) is 1. The van der Waals surface area contributed by atoms with Crippen molar-refractivity contribution in [3.63, 3.8) is 0 Å². The molecule has 0 spiro atoms. The van der Waals surface area contributed by atoms with Crippen molar-refractivity contribution in [1.82, 2.24) is 9.21 Å². The fourth-order valence-corrected chi connectivity index (χ4v) is 3.41. The van der Waals surface area contributed by atoms with Crippen LogP contribution in [-0.2, 0) is 19.6 Å². The monoisotopic (exact) mass is 292 g/mol. The molecule has 0 aliphatic carbocycles. The molecule has 0 saturated carbocycles. The topological polar surface area (TPSA) is 95.0 Å². The van der Waals surface area contributed by atoms with Gasteiger partial charge < -0.3 is 10.0 Å². The summed E-state index contributed by atoms with van der Waals surface area (Å²) in [5.41, 5.74) is 0. The fraction of sp³-hybridized carbons (Fsp3) is 0.818. The van der Waals surface area contributed by atoms with Gasteiger partial charge in [-0.25, -0.2) is 8.42 Å². The molecule has 1 heterocycles. The van der Waals surface area contributed by atoms with Crippen molar-refractivity contribution < 1.29 is 23.1 Å². The smallest absolute Gasteiger partial charge is 0.323 e. The third kappa shape index (κ3) is 4.17. The Kier molecular flexibility index (Phi) is 5.30. The lowest BCUT2D eigenvalue weighted by Crippen LogP contribution is -2.49. The maximum atomic E-state index is 12.3. The Hall–Kier alpha value is -1.15. The van der Waals surface area contributed by atoms with Crippen molar-refractivity contribution in [3.8, 4) is 0 Å². The first-order valence-corrected chi connectivity index (χ1v) is 8.09. The van der Waals surface area contributed by atoms with Crippen molar-refractivity contribution in [3.05, 3.63) is 0 Å². The van der Waals surface area contributed by atoms with Crippen LogP contribution in [0.5, 0.6) is 0 Å². The molecule has 1 aliphatic rings. The maximum Gasteiger partial charge on any atom is 0.323 e. The van der Waals surface area contributed by atoms with E-state index in [2.05, 4.69) is 0 Å². The minimum atomic E-state index is -3.44. The number of aliphatic carboxylic acids is 1. The highest BCUT2D eigenvalue weighted by Crippen LogP contribution is 2.22. The number of carbonyl (C=O) groups excluding carboxylic acids is 1. The molecule has 1 fully saturated rings. The molecule has 1 saturated heterocycles. The molecule has 0 aromatic carbocycles. The van der Waals surface area contributed by atoms with Gasteiger partial charge in [-0.3, -0.25) is 9.59 Å². The van der Waals surface area contributed by atoms with Crippen molar-refractivity contribution in [2.24, 2.45) is 0 Å². The Morgan fingerprint density at radius 2 is 2.05 bits per heavy atom. The molecule has 1 atom stereocenters. The van der Waals surface area contributed by atoms with E-state index >= 15 is 0 Å². The lowest BCUT2D eigenvalue weighted by molar-refractivity contribution is -0.145. The van der Waals surface area contributed by atoms with Crippen molar-refractivity contribution in [2.45, 2.75) is 32.2 Å². The normalized spacial score (nSPS) is 20.4.